The highest BCUT2D eigenvalue weighted by Crippen LogP contribution is 2.34. The molecule has 1 aliphatic heterocycles. The van der Waals surface area contributed by atoms with Crippen LogP contribution in [-0.4, -0.2) is 78.4 Å². The number of fused-ring (bicyclic) bond motifs is 1. The molecule has 1 fully saturated rings. The Morgan fingerprint density at radius 1 is 1.11 bits per heavy atom. The zero-order chi connectivity index (χ0) is 34.2. The van der Waals surface area contributed by atoms with Crippen LogP contribution in [0.2, 0.25) is 5.02 Å². The summed E-state index contributed by atoms with van der Waals surface area (Å²) in [6.07, 6.45) is -2.17. The molecule has 4 N–H and O–H groups in total. The monoisotopic (exact) mass is 673 g/mol. The highest BCUT2D eigenvalue weighted by Gasteiger charge is 2.32. The molecule has 0 spiro atoms. The summed E-state index contributed by atoms with van der Waals surface area (Å²) in [6, 6.07) is 2.50. The maximum atomic E-state index is 13.9. The van der Waals surface area contributed by atoms with E-state index in [0.29, 0.717) is 11.8 Å². The lowest BCUT2D eigenvalue weighted by Gasteiger charge is -2.37. The fraction of sp³-hybridized carbons (Fsp3) is 0.310. The van der Waals surface area contributed by atoms with Gasteiger partial charge < -0.3 is 30.5 Å². The number of nitrogens with one attached hydrogen (secondary N) is 1. The van der Waals surface area contributed by atoms with Gasteiger partial charge in [0.2, 0.25) is 11.3 Å². The molecular weight excluding hydrogens is 647 g/mol. The van der Waals surface area contributed by atoms with Gasteiger partial charge in [0.05, 0.1) is 28.2 Å². The first-order chi connectivity index (χ1) is 22.2. The number of aryl methyl sites for hydroxylation is 1. The lowest BCUT2D eigenvalue weighted by Crippen LogP contribution is -2.50. The van der Waals surface area contributed by atoms with Crippen molar-refractivity contribution >= 4 is 51.9 Å². The SMILES string of the molecule is CCc1c(N2CCN(C(=O)c3ncnc(C)c3O)CC2)c(=O)c2nc(C(N)=O)cnc2n1CC(=O)Nc1ccc(C(F)(F)F)cc1Cl. The number of aromatic hydroxyl groups is 1. The molecule has 0 saturated carbocycles. The Hall–Kier alpha value is -5.32. The van der Waals surface area contributed by atoms with E-state index in [1.54, 1.807) is 11.8 Å². The Labute approximate surface area is 269 Å². The van der Waals surface area contributed by atoms with Gasteiger partial charge in [-0.25, -0.2) is 19.9 Å². The Morgan fingerprint density at radius 3 is 2.43 bits per heavy atom. The molecular formula is C29H27ClF3N9O5. The first-order valence-corrected chi connectivity index (χ1v) is 14.5. The number of benzene rings is 1. The van der Waals surface area contributed by atoms with Gasteiger partial charge in [0.1, 0.15) is 24.3 Å². The number of piperazine rings is 1. The van der Waals surface area contributed by atoms with Crippen LogP contribution < -0.4 is 21.4 Å². The summed E-state index contributed by atoms with van der Waals surface area (Å²) in [6.45, 7) is 3.44. The number of halogens is 4. The zero-order valence-electron chi connectivity index (χ0n) is 24.9. The molecule has 246 valence electrons. The number of amides is 3. The van der Waals surface area contributed by atoms with Gasteiger partial charge in [-0.3, -0.25) is 19.2 Å². The Kier molecular flexibility index (Phi) is 9.02. The van der Waals surface area contributed by atoms with E-state index in [2.05, 4.69) is 25.3 Å². The predicted molar refractivity (Wildman–Crippen MR) is 163 cm³/mol. The van der Waals surface area contributed by atoms with Gasteiger partial charge in [-0.2, -0.15) is 13.2 Å². The summed E-state index contributed by atoms with van der Waals surface area (Å²) in [5.41, 5.74) is 3.81. The van der Waals surface area contributed by atoms with Crippen molar-refractivity contribution in [3.63, 3.8) is 0 Å². The van der Waals surface area contributed by atoms with Crippen molar-refractivity contribution in [1.29, 1.82) is 0 Å². The predicted octanol–water partition coefficient (Wildman–Crippen LogP) is 2.53. The molecule has 18 heteroatoms. The Bertz CT molecular complexity index is 1980. The molecule has 0 radical (unpaired) electrons. The topological polar surface area (TPSA) is 190 Å². The van der Waals surface area contributed by atoms with Crippen LogP contribution in [0.1, 0.15) is 44.9 Å². The molecule has 0 unspecified atom stereocenters. The van der Waals surface area contributed by atoms with Gasteiger partial charge >= 0.3 is 6.18 Å². The maximum Gasteiger partial charge on any atom is 0.416 e. The molecule has 4 heterocycles. The van der Waals surface area contributed by atoms with Crippen LogP contribution in [0, 0.1) is 6.92 Å². The number of alkyl halides is 3. The summed E-state index contributed by atoms with van der Waals surface area (Å²) in [5.74, 6) is -2.48. The molecule has 1 aromatic carbocycles. The third-order valence-electron chi connectivity index (χ3n) is 7.59. The van der Waals surface area contributed by atoms with Gasteiger partial charge in [0, 0.05) is 31.9 Å². The molecule has 47 heavy (non-hydrogen) atoms. The molecule has 1 saturated heterocycles. The smallest absolute Gasteiger partial charge is 0.416 e. The van der Waals surface area contributed by atoms with E-state index in [4.69, 9.17) is 17.3 Å². The highest BCUT2D eigenvalue weighted by molar-refractivity contribution is 6.33. The quantitative estimate of drug-likeness (QED) is 0.263. The summed E-state index contributed by atoms with van der Waals surface area (Å²) in [7, 11) is 0. The van der Waals surface area contributed by atoms with Crippen molar-refractivity contribution in [1.82, 2.24) is 29.4 Å². The van der Waals surface area contributed by atoms with Crippen LogP contribution in [0.15, 0.2) is 35.5 Å². The molecule has 0 atom stereocenters. The molecule has 5 rings (SSSR count). The summed E-state index contributed by atoms with van der Waals surface area (Å²) < 4.78 is 40.7. The lowest BCUT2D eigenvalue weighted by atomic mass is 10.1. The molecule has 0 aliphatic carbocycles. The van der Waals surface area contributed by atoms with Crippen molar-refractivity contribution in [3.8, 4) is 5.75 Å². The van der Waals surface area contributed by atoms with Gasteiger partial charge in [0.15, 0.2) is 22.6 Å². The average molecular weight is 674 g/mol. The number of hydrogen-bond acceptors (Lipinski definition) is 10. The number of primary amides is 1. The van der Waals surface area contributed by atoms with Crippen molar-refractivity contribution in [2.75, 3.05) is 36.4 Å². The van der Waals surface area contributed by atoms with Gasteiger partial charge in [-0.15, -0.1) is 0 Å². The average Bonchev–Trinajstić information content (AvgIpc) is 3.03. The number of nitrogens with two attached hydrogens (primary N) is 1. The zero-order valence-corrected chi connectivity index (χ0v) is 25.7. The molecule has 3 amide bonds. The van der Waals surface area contributed by atoms with Crippen LogP contribution in [-0.2, 0) is 23.9 Å². The summed E-state index contributed by atoms with van der Waals surface area (Å²) in [5, 5.41) is 12.4. The Balaban J connectivity index is 1.50. The van der Waals surface area contributed by atoms with Crippen molar-refractivity contribution in [2.45, 2.75) is 33.0 Å². The standard InChI is InChI=1S/C29H27ClF3N9O5/c1-3-19-23(40-6-8-41(9-7-40)28(47)22-24(44)14(2)36-13-37-22)25(45)21-27(35-11-18(39-21)26(34)46)42(19)12-20(43)38-17-5-4-15(10-16(17)30)29(31,32)33/h4-5,10-11,13,44H,3,6-9,12H2,1-2H3,(H2,34,46)(H,38,43). The van der Waals surface area contributed by atoms with Crippen LogP contribution >= 0.6 is 11.6 Å². The second-order valence-corrected chi connectivity index (χ2v) is 10.9. The first kappa shape index (κ1) is 33.1. The fourth-order valence-electron chi connectivity index (χ4n) is 5.24. The highest BCUT2D eigenvalue weighted by atomic mass is 35.5. The van der Waals surface area contributed by atoms with Gasteiger partial charge in [0.25, 0.3) is 11.8 Å². The normalized spacial score (nSPS) is 13.6. The molecule has 14 nitrogen and oxygen atoms in total. The van der Waals surface area contributed by atoms with E-state index in [1.807, 2.05) is 0 Å². The van der Waals surface area contributed by atoms with Crippen LogP contribution in [0.3, 0.4) is 0 Å². The lowest BCUT2D eigenvalue weighted by molar-refractivity contribution is -0.137. The van der Waals surface area contributed by atoms with Crippen molar-refractivity contribution in [3.05, 3.63) is 74.3 Å². The minimum Gasteiger partial charge on any atom is -0.504 e. The largest absolute Gasteiger partial charge is 0.504 e. The third kappa shape index (κ3) is 6.51. The Morgan fingerprint density at radius 2 is 1.81 bits per heavy atom. The van der Waals surface area contributed by atoms with Crippen molar-refractivity contribution < 1.29 is 32.7 Å². The number of carbonyl (C=O) groups is 3. The number of anilines is 2. The van der Waals surface area contributed by atoms with E-state index in [9.17, 15) is 37.5 Å². The van der Waals surface area contributed by atoms with Gasteiger partial charge in [-0.1, -0.05) is 18.5 Å². The number of hydrogen-bond donors (Lipinski definition) is 3. The number of aromatic nitrogens is 5. The molecule has 1 aliphatic rings. The second-order valence-electron chi connectivity index (χ2n) is 10.5. The van der Waals surface area contributed by atoms with Crippen LogP contribution in [0.25, 0.3) is 11.2 Å². The van der Waals surface area contributed by atoms with E-state index in [1.165, 1.54) is 22.7 Å². The maximum absolute atomic E-state index is 13.9. The summed E-state index contributed by atoms with van der Waals surface area (Å²) >= 11 is 6.04. The van der Waals surface area contributed by atoms with E-state index >= 15 is 0 Å². The first-order valence-electron chi connectivity index (χ1n) is 14.1. The van der Waals surface area contributed by atoms with Crippen LogP contribution in [0.5, 0.6) is 5.75 Å². The van der Waals surface area contributed by atoms with E-state index in [-0.39, 0.29) is 83.0 Å². The minimum absolute atomic E-state index is 0.0299. The van der Waals surface area contributed by atoms with Crippen LogP contribution in [0.4, 0.5) is 24.5 Å². The molecule has 3 aromatic heterocycles. The second kappa shape index (κ2) is 12.8. The minimum atomic E-state index is -4.63. The number of pyridine rings is 1. The molecule has 0 bridgehead atoms. The fourth-order valence-corrected chi connectivity index (χ4v) is 5.47. The van der Waals surface area contributed by atoms with E-state index < -0.39 is 41.4 Å². The third-order valence-corrected chi connectivity index (χ3v) is 7.90. The van der Waals surface area contributed by atoms with Gasteiger partial charge in [-0.05, 0) is 31.5 Å². The summed E-state index contributed by atoms with van der Waals surface area (Å²) in [4.78, 5) is 71.6. The number of nitrogens with zero attached hydrogens (tertiary/aromatic N) is 7. The number of rotatable bonds is 7. The van der Waals surface area contributed by atoms with E-state index in [0.717, 1.165) is 18.3 Å². The molecule has 4 aromatic rings. The van der Waals surface area contributed by atoms with Crippen molar-refractivity contribution in [2.24, 2.45) is 5.73 Å². The number of carbonyl (C=O) groups excluding carboxylic acids is 3.